The van der Waals surface area contributed by atoms with Crippen molar-refractivity contribution < 1.29 is 14.3 Å². The second-order valence-electron chi connectivity index (χ2n) is 8.19. The molecule has 0 spiro atoms. The van der Waals surface area contributed by atoms with Crippen molar-refractivity contribution in [3.05, 3.63) is 64.7 Å². The van der Waals surface area contributed by atoms with E-state index in [1.54, 1.807) is 19.2 Å². The van der Waals surface area contributed by atoms with Crippen LogP contribution >= 0.6 is 0 Å². The second kappa shape index (κ2) is 9.00. The van der Waals surface area contributed by atoms with E-state index >= 15 is 0 Å². The molecule has 0 saturated carbocycles. The lowest BCUT2D eigenvalue weighted by Gasteiger charge is -2.35. The Morgan fingerprint density at radius 3 is 2.43 bits per heavy atom. The van der Waals surface area contributed by atoms with Crippen LogP contribution in [0.3, 0.4) is 0 Å². The summed E-state index contributed by atoms with van der Waals surface area (Å²) in [5, 5.41) is 0. The molecule has 0 bridgehead atoms. The first-order valence-electron chi connectivity index (χ1n) is 11.0. The maximum atomic E-state index is 12.6. The number of ether oxygens (including phenoxy) is 1. The first-order valence-corrected chi connectivity index (χ1v) is 11.0. The Kier molecular flexibility index (Phi) is 6.18. The molecule has 0 aromatic heterocycles. The van der Waals surface area contributed by atoms with Gasteiger partial charge in [0, 0.05) is 19.1 Å². The van der Waals surface area contributed by atoms with Gasteiger partial charge in [-0.1, -0.05) is 31.2 Å². The van der Waals surface area contributed by atoms with E-state index in [2.05, 4.69) is 24.0 Å². The third-order valence-corrected chi connectivity index (χ3v) is 6.37. The molecule has 2 aliphatic rings. The lowest BCUT2D eigenvalue weighted by Crippen LogP contribution is -2.42. The van der Waals surface area contributed by atoms with Crippen LogP contribution in [0.25, 0.3) is 0 Å². The van der Waals surface area contributed by atoms with Gasteiger partial charge >= 0.3 is 0 Å². The number of hydrogen-bond donors (Lipinski definition) is 0. The largest absolute Gasteiger partial charge is 0.496 e. The molecule has 0 fully saturated rings. The van der Waals surface area contributed by atoms with Gasteiger partial charge in [0.25, 0.3) is 11.8 Å². The molecule has 30 heavy (non-hydrogen) atoms. The lowest BCUT2D eigenvalue weighted by atomic mass is 9.86. The van der Waals surface area contributed by atoms with Gasteiger partial charge in [-0.3, -0.25) is 19.4 Å². The molecule has 4 rings (SSSR count). The molecule has 5 heteroatoms. The number of nitrogens with zero attached hydrogens (tertiary/aromatic N) is 2. The van der Waals surface area contributed by atoms with E-state index in [0.717, 1.165) is 50.9 Å². The van der Waals surface area contributed by atoms with Crippen LogP contribution in [0.1, 0.15) is 58.0 Å². The van der Waals surface area contributed by atoms with E-state index in [4.69, 9.17) is 4.74 Å². The molecule has 1 aliphatic carbocycles. The fraction of sp³-hybridized carbons (Fsp3) is 0.440. The average molecular weight is 407 g/mol. The standard InChI is InChI=1S/C25H30N2O3/c1-3-14-26(19-12-13-20-18(17-19)8-6-11-23(20)30-2)15-7-16-27-24(28)21-9-4-5-10-22(21)25(27)29/h4-6,8-11,19H,3,7,12-17H2,1-2H3. The van der Waals surface area contributed by atoms with E-state index in [9.17, 15) is 9.59 Å². The zero-order valence-electron chi connectivity index (χ0n) is 17.9. The van der Waals surface area contributed by atoms with Gasteiger partial charge in [-0.25, -0.2) is 0 Å². The Balaban J connectivity index is 1.38. The van der Waals surface area contributed by atoms with Gasteiger partial charge in [0.1, 0.15) is 5.75 Å². The fourth-order valence-electron chi connectivity index (χ4n) is 4.89. The molecular formula is C25H30N2O3. The van der Waals surface area contributed by atoms with Crippen LogP contribution in [0.4, 0.5) is 0 Å². The van der Waals surface area contributed by atoms with Crippen molar-refractivity contribution in [2.24, 2.45) is 0 Å². The predicted octanol–water partition coefficient (Wildman–Crippen LogP) is 3.95. The van der Waals surface area contributed by atoms with Crippen molar-refractivity contribution in [3.8, 4) is 5.75 Å². The van der Waals surface area contributed by atoms with Gasteiger partial charge < -0.3 is 4.74 Å². The van der Waals surface area contributed by atoms with E-state index < -0.39 is 0 Å². The van der Waals surface area contributed by atoms with Gasteiger partial charge in [-0.15, -0.1) is 0 Å². The van der Waals surface area contributed by atoms with Gasteiger partial charge in [0.2, 0.25) is 0 Å². The highest BCUT2D eigenvalue weighted by molar-refractivity contribution is 6.21. The number of amides is 2. The number of carbonyl (C=O) groups excluding carboxylic acids is 2. The summed E-state index contributed by atoms with van der Waals surface area (Å²) >= 11 is 0. The lowest BCUT2D eigenvalue weighted by molar-refractivity contribution is 0.0643. The van der Waals surface area contributed by atoms with E-state index in [0.29, 0.717) is 23.7 Å². The molecule has 1 unspecified atom stereocenters. The van der Waals surface area contributed by atoms with Crippen LogP contribution in [0.15, 0.2) is 42.5 Å². The zero-order chi connectivity index (χ0) is 21.1. The van der Waals surface area contributed by atoms with Crippen LogP contribution in [0.5, 0.6) is 5.75 Å². The van der Waals surface area contributed by atoms with E-state index in [-0.39, 0.29) is 11.8 Å². The molecule has 2 aromatic rings. The second-order valence-corrected chi connectivity index (χ2v) is 8.19. The minimum Gasteiger partial charge on any atom is -0.496 e. The average Bonchev–Trinajstić information content (AvgIpc) is 3.02. The Hall–Kier alpha value is -2.66. The van der Waals surface area contributed by atoms with E-state index in [1.165, 1.54) is 16.0 Å². The molecule has 1 heterocycles. The molecule has 2 amide bonds. The van der Waals surface area contributed by atoms with Crippen molar-refractivity contribution in [1.82, 2.24) is 9.80 Å². The van der Waals surface area contributed by atoms with Crippen LogP contribution in [-0.4, -0.2) is 54.4 Å². The summed E-state index contributed by atoms with van der Waals surface area (Å²) in [5.41, 5.74) is 3.79. The molecule has 1 aliphatic heterocycles. The Morgan fingerprint density at radius 2 is 1.77 bits per heavy atom. The highest BCUT2D eigenvalue weighted by Gasteiger charge is 2.34. The van der Waals surface area contributed by atoms with E-state index in [1.807, 2.05) is 18.2 Å². The monoisotopic (exact) mass is 406 g/mol. The Morgan fingerprint density at radius 1 is 1.03 bits per heavy atom. The topological polar surface area (TPSA) is 49.9 Å². The summed E-state index contributed by atoms with van der Waals surface area (Å²) in [6.07, 6.45) is 5.06. The molecule has 0 radical (unpaired) electrons. The molecule has 1 atom stereocenters. The zero-order valence-corrected chi connectivity index (χ0v) is 17.9. The molecule has 0 N–H and O–H groups in total. The first kappa shape index (κ1) is 20.6. The van der Waals surface area contributed by atoms with Crippen LogP contribution < -0.4 is 4.74 Å². The minimum atomic E-state index is -0.156. The summed E-state index contributed by atoms with van der Waals surface area (Å²) in [6.45, 7) is 4.61. The Bertz CT molecular complexity index is 905. The third-order valence-electron chi connectivity index (χ3n) is 6.37. The summed E-state index contributed by atoms with van der Waals surface area (Å²) in [7, 11) is 1.74. The summed E-state index contributed by atoms with van der Waals surface area (Å²) in [6, 6.07) is 13.9. The Labute approximate surface area is 178 Å². The molecule has 5 nitrogen and oxygen atoms in total. The van der Waals surface area contributed by atoms with Crippen molar-refractivity contribution in [2.75, 3.05) is 26.7 Å². The van der Waals surface area contributed by atoms with Crippen molar-refractivity contribution >= 4 is 11.8 Å². The third kappa shape index (κ3) is 3.86. The van der Waals surface area contributed by atoms with Gasteiger partial charge in [-0.05, 0) is 68.0 Å². The van der Waals surface area contributed by atoms with Crippen molar-refractivity contribution in [1.29, 1.82) is 0 Å². The molecule has 0 saturated heterocycles. The number of methoxy groups -OCH3 is 1. The molecular weight excluding hydrogens is 376 g/mol. The van der Waals surface area contributed by atoms with Gasteiger partial charge in [0.05, 0.1) is 18.2 Å². The molecule has 2 aromatic carbocycles. The number of rotatable bonds is 8. The van der Waals surface area contributed by atoms with Gasteiger partial charge in [0.15, 0.2) is 0 Å². The minimum absolute atomic E-state index is 0.156. The van der Waals surface area contributed by atoms with Crippen molar-refractivity contribution in [3.63, 3.8) is 0 Å². The fourth-order valence-corrected chi connectivity index (χ4v) is 4.89. The summed E-state index contributed by atoms with van der Waals surface area (Å²) < 4.78 is 5.54. The maximum absolute atomic E-state index is 12.6. The van der Waals surface area contributed by atoms with Crippen LogP contribution in [0.2, 0.25) is 0 Å². The summed E-state index contributed by atoms with van der Waals surface area (Å²) in [4.78, 5) is 29.1. The highest BCUT2D eigenvalue weighted by Crippen LogP contribution is 2.31. The number of imide groups is 1. The van der Waals surface area contributed by atoms with Crippen molar-refractivity contribution in [2.45, 2.75) is 45.1 Å². The quantitative estimate of drug-likeness (QED) is 0.623. The van der Waals surface area contributed by atoms with Crippen LogP contribution in [0, 0.1) is 0 Å². The van der Waals surface area contributed by atoms with Crippen LogP contribution in [-0.2, 0) is 12.8 Å². The number of fused-ring (bicyclic) bond motifs is 2. The number of hydrogen-bond acceptors (Lipinski definition) is 4. The molecule has 158 valence electrons. The number of carbonyl (C=O) groups is 2. The first-order chi connectivity index (χ1) is 14.6. The number of benzene rings is 2. The predicted molar refractivity (Wildman–Crippen MR) is 117 cm³/mol. The smallest absolute Gasteiger partial charge is 0.261 e. The SMILES string of the molecule is CCCN(CCCN1C(=O)c2ccccc2C1=O)C1CCc2c(cccc2OC)C1. The highest BCUT2D eigenvalue weighted by atomic mass is 16.5. The summed E-state index contributed by atoms with van der Waals surface area (Å²) in [5.74, 6) is 0.686. The normalized spacial score (nSPS) is 18.0. The van der Waals surface area contributed by atoms with Gasteiger partial charge in [-0.2, -0.15) is 0 Å². The maximum Gasteiger partial charge on any atom is 0.261 e.